The van der Waals surface area contributed by atoms with Gasteiger partial charge < -0.3 is 10.6 Å². The number of thioether (sulfide) groups is 1. The van der Waals surface area contributed by atoms with E-state index in [9.17, 15) is 18.0 Å². The van der Waals surface area contributed by atoms with Crippen LogP contribution in [-0.2, 0) is 18.6 Å². The molecule has 0 bridgehead atoms. The lowest BCUT2D eigenvalue weighted by Gasteiger charge is -2.45. The van der Waals surface area contributed by atoms with Gasteiger partial charge in [-0.3, -0.25) is 9.48 Å². The normalized spacial score (nSPS) is 22.5. The summed E-state index contributed by atoms with van der Waals surface area (Å²) in [5.41, 5.74) is 6.68. The van der Waals surface area contributed by atoms with Crippen molar-refractivity contribution in [2.45, 2.75) is 38.8 Å². The number of hydrogen-bond acceptors (Lipinski definition) is 4. The van der Waals surface area contributed by atoms with Gasteiger partial charge in [-0.25, -0.2) is 0 Å². The third-order valence-electron chi connectivity index (χ3n) is 6.72. The third-order valence-corrected chi connectivity index (χ3v) is 7.87. The largest absolute Gasteiger partial charge is 0.433 e. The highest BCUT2D eigenvalue weighted by atomic mass is 32.2. The summed E-state index contributed by atoms with van der Waals surface area (Å²) in [6.07, 6.45) is -1.65. The van der Waals surface area contributed by atoms with Gasteiger partial charge in [-0.1, -0.05) is 32.1 Å². The second kappa shape index (κ2) is 9.93. The zero-order valence-corrected chi connectivity index (χ0v) is 20.3. The van der Waals surface area contributed by atoms with Crippen LogP contribution in [0.5, 0.6) is 0 Å². The highest BCUT2D eigenvalue weighted by molar-refractivity contribution is 8.08. The molecule has 0 saturated carbocycles. The number of nitrogens with two attached hydrogens (primary N) is 1. The summed E-state index contributed by atoms with van der Waals surface area (Å²) in [5, 5.41) is 4.06. The fourth-order valence-electron chi connectivity index (χ4n) is 4.42. The zero-order valence-electron chi connectivity index (χ0n) is 19.4. The van der Waals surface area contributed by atoms with Crippen molar-refractivity contribution < 1.29 is 18.0 Å². The number of hydrogen-bond donors (Lipinski definition) is 1. The molecule has 9 heteroatoms. The summed E-state index contributed by atoms with van der Waals surface area (Å²) in [4.78, 5) is 14.7. The van der Waals surface area contributed by atoms with Crippen LogP contribution in [0.15, 0.2) is 36.4 Å². The Balaban J connectivity index is 1.59. The molecule has 2 heterocycles. The van der Waals surface area contributed by atoms with Crippen LogP contribution in [0, 0.1) is 5.92 Å². The Morgan fingerprint density at radius 3 is 2.67 bits per heavy atom. The van der Waals surface area contributed by atoms with E-state index in [1.54, 1.807) is 6.07 Å². The minimum absolute atomic E-state index is 0.0501. The number of rotatable bonds is 7. The number of carbonyl (C=O) groups excluding carboxylic acids is 1. The van der Waals surface area contributed by atoms with Gasteiger partial charge in [0.15, 0.2) is 0 Å². The predicted octanol–water partition coefficient (Wildman–Crippen LogP) is 4.93. The van der Waals surface area contributed by atoms with Gasteiger partial charge in [0.2, 0.25) is 5.91 Å². The SMILES string of the molecule is C/C=C(\SCCN1CC[C@@](C)(c2cccc(C(N)=O)c2)C(C)C1)c1cc(C(F)(F)F)n(C)n1. The zero-order chi connectivity index (χ0) is 24.4. The van der Waals surface area contributed by atoms with Crippen LogP contribution in [0.3, 0.4) is 0 Å². The Kier molecular flexibility index (Phi) is 7.63. The number of benzene rings is 1. The fraction of sp³-hybridized carbons (Fsp3) is 0.500. The maximum Gasteiger partial charge on any atom is 0.433 e. The molecule has 0 aliphatic carbocycles. The van der Waals surface area contributed by atoms with Crippen molar-refractivity contribution >= 4 is 22.6 Å². The average molecular weight is 481 g/mol. The first kappa shape index (κ1) is 25.4. The maximum absolute atomic E-state index is 13.1. The summed E-state index contributed by atoms with van der Waals surface area (Å²) in [6, 6.07) is 8.71. The molecular formula is C24H31F3N4OS. The second-order valence-corrected chi connectivity index (χ2v) is 9.99. The first-order valence-corrected chi connectivity index (χ1v) is 12.0. The van der Waals surface area contributed by atoms with Crippen molar-refractivity contribution in [3.8, 4) is 0 Å². The van der Waals surface area contributed by atoms with E-state index in [2.05, 4.69) is 29.9 Å². The summed E-state index contributed by atoms with van der Waals surface area (Å²) >= 11 is 1.53. The Morgan fingerprint density at radius 1 is 1.36 bits per heavy atom. The lowest BCUT2D eigenvalue weighted by atomic mass is 9.68. The molecule has 0 spiro atoms. The van der Waals surface area contributed by atoms with E-state index < -0.39 is 17.8 Å². The first-order valence-electron chi connectivity index (χ1n) is 11.0. The van der Waals surface area contributed by atoms with Crippen molar-refractivity contribution in [2.75, 3.05) is 25.4 Å². The molecule has 1 saturated heterocycles. The highest BCUT2D eigenvalue weighted by Gasteiger charge is 2.38. The van der Waals surface area contributed by atoms with Crippen LogP contribution >= 0.6 is 11.8 Å². The number of nitrogens with zero attached hydrogens (tertiary/aromatic N) is 3. The van der Waals surface area contributed by atoms with E-state index in [1.807, 2.05) is 25.1 Å². The Labute approximate surface area is 197 Å². The van der Waals surface area contributed by atoms with Gasteiger partial charge in [0.1, 0.15) is 5.69 Å². The molecule has 1 amide bonds. The number of amides is 1. The highest BCUT2D eigenvalue weighted by Crippen LogP contribution is 2.40. The molecule has 1 aliphatic heterocycles. The van der Waals surface area contributed by atoms with Crippen LogP contribution in [0.25, 0.3) is 4.91 Å². The monoisotopic (exact) mass is 480 g/mol. The van der Waals surface area contributed by atoms with Crippen molar-refractivity contribution in [3.63, 3.8) is 0 Å². The number of primary amides is 1. The van der Waals surface area contributed by atoms with Crippen molar-refractivity contribution in [1.82, 2.24) is 14.7 Å². The molecule has 3 rings (SSSR count). The van der Waals surface area contributed by atoms with Gasteiger partial charge in [-0.15, -0.1) is 11.8 Å². The Morgan fingerprint density at radius 2 is 2.09 bits per heavy atom. The van der Waals surface area contributed by atoms with Crippen LogP contribution in [0.2, 0.25) is 0 Å². The van der Waals surface area contributed by atoms with E-state index in [1.165, 1.54) is 18.8 Å². The average Bonchev–Trinajstić information content (AvgIpc) is 3.15. The number of aromatic nitrogens is 2. The molecule has 1 unspecified atom stereocenters. The molecule has 1 aromatic heterocycles. The molecule has 5 nitrogen and oxygen atoms in total. The molecule has 1 fully saturated rings. The smallest absolute Gasteiger partial charge is 0.366 e. The standard InChI is InChI=1S/C24H31F3N4OS/c1-5-20(19-14-21(24(25,26)27)30(4)29-19)33-12-11-31-10-9-23(3,16(2)15-31)18-8-6-7-17(13-18)22(28)32/h5-8,13-14,16H,9-12,15H2,1-4H3,(H2,28,32)/b20-5-/t16?,23-/m1/s1. The minimum atomic E-state index is -4.42. The number of allylic oxidation sites excluding steroid dienone is 1. The van der Waals surface area contributed by atoms with E-state index >= 15 is 0 Å². The fourth-order valence-corrected chi connectivity index (χ4v) is 5.40. The molecule has 1 aliphatic rings. The van der Waals surface area contributed by atoms with Crippen molar-refractivity contribution in [2.24, 2.45) is 18.7 Å². The molecule has 1 aromatic carbocycles. The topological polar surface area (TPSA) is 64.2 Å². The summed E-state index contributed by atoms with van der Waals surface area (Å²) in [6.45, 7) is 8.93. The summed E-state index contributed by atoms with van der Waals surface area (Å²) in [7, 11) is 1.31. The van der Waals surface area contributed by atoms with Gasteiger partial charge in [-0.2, -0.15) is 18.3 Å². The van der Waals surface area contributed by atoms with E-state index in [0.29, 0.717) is 17.2 Å². The number of carbonyl (C=O) groups is 1. The van der Waals surface area contributed by atoms with Crippen LogP contribution in [-0.4, -0.2) is 46.0 Å². The molecule has 2 aromatic rings. The lowest BCUT2D eigenvalue weighted by molar-refractivity contribution is -0.143. The minimum Gasteiger partial charge on any atom is -0.366 e. The van der Waals surface area contributed by atoms with Gasteiger partial charge in [0.25, 0.3) is 0 Å². The number of piperidine rings is 1. The van der Waals surface area contributed by atoms with E-state index in [0.717, 1.165) is 53.0 Å². The second-order valence-electron chi connectivity index (χ2n) is 8.85. The molecular weight excluding hydrogens is 449 g/mol. The van der Waals surface area contributed by atoms with Crippen LogP contribution in [0.4, 0.5) is 13.2 Å². The summed E-state index contributed by atoms with van der Waals surface area (Å²) < 4.78 is 40.2. The van der Waals surface area contributed by atoms with Gasteiger partial charge in [-0.05, 0) is 55.0 Å². The number of halogens is 3. The maximum atomic E-state index is 13.1. The molecule has 33 heavy (non-hydrogen) atoms. The van der Waals surface area contributed by atoms with Crippen molar-refractivity contribution in [1.29, 1.82) is 0 Å². The quantitative estimate of drug-likeness (QED) is 0.610. The molecule has 2 N–H and O–H groups in total. The molecule has 180 valence electrons. The number of likely N-dealkylation sites (tertiary alicyclic amines) is 1. The van der Waals surface area contributed by atoms with Crippen LogP contribution < -0.4 is 5.73 Å². The lowest BCUT2D eigenvalue weighted by Crippen LogP contribution is -2.47. The van der Waals surface area contributed by atoms with E-state index in [-0.39, 0.29) is 5.41 Å². The van der Waals surface area contributed by atoms with E-state index in [4.69, 9.17) is 5.73 Å². The Hall–Kier alpha value is -2.26. The summed E-state index contributed by atoms with van der Waals surface area (Å²) in [5.74, 6) is 0.710. The van der Waals surface area contributed by atoms with Crippen LogP contribution in [0.1, 0.15) is 54.5 Å². The Bertz CT molecular complexity index is 1030. The van der Waals surface area contributed by atoms with Crippen molar-refractivity contribution in [3.05, 3.63) is 58.9 Å². The van der Waals surface area contributed by atoms with Gasteiger partial charge >= 0.3 is 6.18 Å². The first-order chi connectivity index (χ1) is 15.5. The predicted molar refractivity (Wildman–Crippen MR) is 127 cm³/mol. The number of aryl methyl sites for hydroxylation is 1. The molecule has 2 atom stereocenters. The molecule has 0 radical (unpaired) electrons. The third kappa shape index (κ3) is 5.63. The van der Waals surface area contributed by atoms with Gasteiger partial charge in [0.05, 0.1) is 5.69 Å². The van der Waals surface area contributed by atoms with Gasteiger partial charge in [0, 0.05) is 36.4 Å². The number of alkyl halides is 3.